The van der Waals surface area contributed by atoms with Crippen molar-refractivity contribution in [2.45, 2.75) is 0 Å². The van der Waals surface area contributed by atoms with Gasteiger partial charge in [0.2, 0.25) is 10.0 Å². The number of anilines is 1. The van der Waals surface area contributed by atoms with E-state index in [1.165, 1.54) is 0 Å². The smallest absolute Gasteiger partial charge is 0.233 e. The van der Waals surface area contributed by atoms with Crippen LogP contribution in [-0.2, 0) is 10.0 Å². The van der Waals surface area contributed by atoms with Crippen molar-refractivity contribution < 1.29 is 8.42 Å². The highest BCUT2D eigenvalue weighted by molar-refractivity contribution is 7.92. The Morgan fingerprint density at radius 2 is 2.12 bits per heavy atom. The summed E-state index contributed by atoms with van der Waals surface area (Å²) in [6, 6.07) is 7.15. The average molecular weight is 251 g/mol. The zero-order valence-electron chi connectivity index (χ0n) is 9.13. The summed E-state index contributed by atoms with van der Waals surface area (Å²) in [7, 11) is -3.37. The van der Waals surface area contributed by atoms with Crippen molar-refractivity contribution in [2.24, 2.45) is 5.73 Å². The van der Waals surface area contributed by atoms with Gasteiger partial charge in [-0.15, -0.1) is 0 Å². The first-order chi connectivity index (χ1) is 8.12. The molecular formula is C11H13N3O2S. The summed E-state index contributed by atoms with van der Waals surface area (Å²) in [4.78, 5) is 3.99. The van der Waals surface area contributed by atoms with Gasteiger partial charge in [0.05, 0.1) is 11.4 Å². The van der Waals surface area contributed by atoms with Crippen LogP contribution in [0.1, 0.15) is 0 Å². The summed E-state index contributed by atoms with van der Waals surface area (Å²) in [5.74, 6) is -0.0888. The molecular weight excluding hydrogens is 238 g/mol. The average Bonchev–Trinajstić information content (AvgIpc) is 2.29. The van der Waals surface area contributed by atoms with Crippen molar-refractivity contribution in [2.75, 3.05) is 17.0 Å². The number of aromatic nitrogens is 1. The minimum atomic E-state index is -3.37. The number of nitrogens with one attached hydrogen (secondary N) is 1. The van der Waals surface area contributed by atoms with Crippen LogP contribution in [0.15, 0.2) is 36.7 Å². The van der Waals surface area contributed by atoms with Crippen molar-refractivity contribution in [1.82, 2.24) is 4.98 Å². The molecule has 2 rings (SSSR count). The van der Waals surface area contributed by atoms with Crippen LogP contribution in [0.5, 0.6) is 0 Å². The Balaban J connectivity index is 2.43. The van der Waals surface area contributed by atoms with E-state index in [0.29, 0.717) is 5.69 Å². The molecule has 3 N–H and O–H groups in total. The van der Waals surface area contributed by atoms with Gasteiger partial charge >= 0.3 is 0 Å². The lowest BCUT2D eigenvalue weighted by atomic mass is 10.1. The SMILES string of the molecule is NCCS(=O)(=O)Nc1cccc2cnccc12. The molecule has 90 valence electrons. The zero-order chi connectivity index (χ0) is 12.3. The number of sulfonamides is 1. The molecule has 0 aliphatic rings. The van der Waals surface area contributed by atoms with Crippen molar-refractivity contribution >= 4 is 26.5 Å². The van der Waals surface area contributed by atoms with Gasteiger partial charge in [-0.3, -0.25) is 9.71 Å². The Hall–Kier alpha value is -1.66. The van der Waals surface area contributed by atoms with E-state index in [2.05, 4.69) is 9.71 Å². The summed E-state index contributed by atoms with van der Waals surface area (Å²) in [6.45, 7) is 0.0989. The lowest BCUT2D eigenvalue weighted by Gasteiger charge is -2.09. The fourth-order valence-corrected chi connectivity index (χ4v) is 2.51. The first-order valence-corrected chi connectivity index (χ1v) is 6.81. The number of hydrogen-bond donors (Lipinski definition) is 2. The van der Waals surface area contributed by atoms with E-state index in [-0.39, 0.29) is 12.3 Å². The third kappa shape index (κ3) is 2.72. The molecule has 5 nitrogen and oxygen atoms in total. The molecule has 0 aliphatic heterocycles. The Labute approximate surface area is 99.7 Å². The Kier molecular flexibility index (Phi) is 3.26. The molecule has 1 aromatic carbocycles. The maximum absolute atomic E-state index is 11.6. The molecule has 0 fully saturated rings. The highest BCUT2D eigenvalue weighted by Gasteiger charge is 2.10. The number of fused-ring (bicyclic) bond motifs is 1. The molecule has 0 saturated carbocycles. The van der Waals surface area contributed by atoms with E-state index in [1.54, 1.807) is 30.6 Å². The summed E-state index contributed by atoms with van der Waals surface area (Å²) in [5.41, 5.74) is 5.81. The second-order valence-corrected chi connectivity index (χ2v) is 5.45. The quantitative estimate of drug-likeness (QED) is 0.846. The van der Waals surface area contributed by atoms with E-state index >= 15 is 0 Å². The van der Waals surface area contributed by atoms with E-state index in [4.69, 9.17) is 5.73 Å². The first kappa shape index (κ1) is 11.8. The van der Waals surface area contributed by atoms with Gasteiger partial charge in [0.15, 0.2) is 0 Å². The molecule has 0 saturated heterocycles. The molecule has 6 heteroatoms. The van der Waals surface area contributed by atoms with Gasteiger partial charge in [0.25, 0.3) is 0 Å². The molecule has 0 spiro atoms. The number of rotatable bonds is 4. The zero-order valence-corrected chi connectivity index (χ0v) is 9.94. The minimum Gasteiger partial charge on any atom is -0.329 e. The molecule has 0 radical (unpaired) electrons. The minimum absolute atomic E-state index is 0.0888. The summed E-state index contributed by atoms with van der Waals surface area (Å²) in [6.07, 6.45) is 3.32. The monoisotopic (exact) mass is 251 g/mol. The van der Waals surface area contributed by atoms with Crippen LogP contribution in [0.3, 0.4) is 0 Å². The standard InChI is InChI=1S/C11H13N3O2S/c12-5-7-17(15,16)14-11-3-1-2-9-8-13-6-4-10(9)11/h1-4,6,8,14H,5,7,12H2. The van der Waals surface area contributed by atoms with Crippen LogP contribution in [0.2, 0.25) is 0 Å². The third-order valence-corrected chi connectivity index (χ3v) is 3.64. The molecule has 17 heavy (non-hydrogen) atoms. The highest BCUT2D eigenvalue weighted by Crippen LogP contribution is 2.22. The Morgan fingerprint density at radius 3 is 2.88 bits per heavy atom. The second-order valence-electron chi connectivity index (χ2n) is 3.61. The normalized spacial score (nSPS) is 11.6. The predicted molar refractivity (Wildman–Crippen MR) is 68.2 cm³/mol. The molecule has 0 unspecified atom stereocenters. The Bertz CT molecular complexity index is 620. The van der Waals surface area contributed by atoms with Crippen molar-refractivity contribution in [3.63, 3.8) is 0 Å². The molecule has 1 aromatic heterocycles. The lowest BCUT2D eigenvalue weighted by Crippen LogP contribution is -2.22. The van der Waals surface area contributed by atoms with E-state index in [1.807, 2.05) is 6.07 Å². The van der Waals surface area contributed by atoms with E-state index < -0.39 is 10.0 Å². The maximum atomic E-state index is 11.6. The van der Waals surface area contributed by atoms with E-state index in [9.17, 15) is 8.42 Å². The predicted octanol–water partition coefficient (Wildman–Crippen LogP) is 0.935. The molecule has 2 aromatic rings. The number of nitrogens with zero attached hydrogens (tertiary/aromatic N) is 1. The van der Waals surface area contributed by atoms with Crippen molar-refractivity contribution in [1.29, 1.82) is 0 Å². The first-order valence-electron chi connectivity index (χ1n) is 5.16. The number of pyridine rings is 1. The lowest BCUT2D eigenvalue weighted by molar-refractivity contribution is 0.601. The number of benzene rings is 1. The van der Waals surface area contributed by atoms with Crippen LogP contribution in [-0.4, -0.2) is 25.7 Å². The third-order valence-electron chi connectivity index (χ3n) is 2.33. The van der Waals surface area contributed by atoms with Crippen LogP contribution in [0.25, 0.3) is 10.8 Å². The highest BCUT2D eigenvalue weighted by atomic mass is 32.2. The van der Waals surface area contributed by atoms with Gasteiger partial charge in [-0.1, -0.05) is 12.1 Å². The van der Waals surface area contributed by atoms with Crippen molar-refractivity contribution in [3.8, 4) is 0 Å². The molecule has 0 bridgehead atoms. The van der Waals surface area contributed by atoms with Gasteiger partial charge in [-0.2, -0.15) is 0 Å². The largest absolute Gasteiger partial charge is 0.329 e. The van der Waals surface area contributed by atoms with Crippen LogP contribution in [0.4, 0.5) is 5.69 Å². The Morgan fingerprint density at radius 1 is 1.29 bits per heavy atom. The van der Waals surface area contributed by atoms with Crippen LogP contribution in [0, 0.1) is 0 Å². The number of nitrogens with two attached hydrogens (primary N) is 1. The molecule has 0 atom stereocenters. The van der Waals surface area contributed by atoms with Crippen molar-refractivity contribution in [3.05, 3.63) is 36.7 Å². The van der Waals surface area contributed by atoms with E-state index in [0.717, 1.165) is 10.8 Å². The molecule has 1 heterocycles. The fraction of sp³-hybridized carbons (Fsp3) is 0.182. The summed E-state index contributed by atoms with van der Waals surface area (Å²) in [5, 5.41) is 1.71. The van der Waals surface area contributed by atoms with Gasteiger partial charge in [0.1, 0.15) is 0 Å². The molecule has 0 aliphatic carbocycles. The van der Waals surface area contributed by atoms with Gasteiger partial charge in [-0.05, 0) is 12.1 Å². The summed E-state index contributed by atoms with van der Waals surface area (Å²) >= 11 is 0. The molecule has 0 amide bonds. The van der Waals surface area contributed by atoms with Crippen LogP contribution >= 0.6 is 0 Å². The van der Waals surface area contributed by atoms with Gasteiger partial charge in [-0.25, -0.2) is 8.42 Å². The van der Waals surface area contributed by atoms with Crippen LogP contribution < -0.4 is 10.5 Å². The van der Waals surface area contributed by atoms with Gasteiger partial charge in [0, 0.05) is 29.7 Å². The maximum Gasteiger partial charge on any atom is 0.233 e. The number of hydrogen-bond acceptors (Lipinski definition) is 4. The topological polar surface area (TPSA) is 85.1 Å². The second kappa shape index (κ2) is 4.68. The summed E-state index contributed by atoms with van der Waals surface area (Å²) < 4.78 is 25.8. The van der Waals surface area contributed by atoms with Gasteiger partial charge < -0.3 is 5.73 Å². The fourth-order valence-electron chi connectivity index (χ4n) is 1.59.